The highest BCUT2D eigenvalue weighted by Crippen LogP contribution is 2.31. The van der Waals surface area contributed by atoms with Gasteiger partial charge in [0.2, 0.25) is 0 Å². The number of ether oxygens (including phenoxy) is 1. The van der Waals surface area contributed by atoms with Crippen LogP contribution in [0, 0.1) is 0 Å². The number of urea groups is 1. The molecule has 162 valence electrons. The maximum Gasteiger partial charge on any atom is 0.325 e. The smallest absolute Gasteiger partial charge is 0.325 e. The molecule has 0 bridgehead atoms. The number of carbonyl (C=O) groups is 1. The zero-order chi connectivity index (χ0) is 21.4. The Kier molecular flexibility index (Phi) is 5.13. The van der Waals surface area contributed by atoms with Gasteiger partial charge in [0.25, 0.3) is 0 Å². The molecule has 0 radical (unpaired) electrons. The molecule has 1 aromatic carbocycles. The van der Waals surface area contributed by atoms with Crippen molar-refractivity contribution in [1.82, 2.24) is 15.0 Å². The average Bonchev–Trinajstić information content (AvgIpc) is 3.21. The van der Waals surface area contributed by atoms with Crippen LogP contribution in [0.25, 0.3) is 11.0 Å². The summed E-state index contributed by atoms with van der Waals surface area (Å²) in [7, 11) is 0. The van der Waals surface area contributed by atoms with E-state index in [9.17, 15) is 9.18 Å². The first kappa shape index (κ1) is 19.7. The van der Waals surface area contributed by atoms with Crippen LogP contribution < -0.4 is 4.90 Å². The van der Waals surface area contributed by atoms with E-state index in [1.165, 1.54) is 6.08 Å². The molecule has 2 amide bonds. The van der Waals surface area contributed by atoms with Gasteiger partial charge in [0.05, 0.1) is 17.1 Å². The summed E-state index contributed by atoms with van der Waals surface area (Å²) >= 11 is 0. The maximum atomic E-state index is 13.8. The van der Waals surface area contributed by atoms with Crippen molar-refractivity contribution >= 4 is 22.8 Å². The van der Waals surface area contributed by atoms with Gasteiger partial charge in [-0.1, -0.05) is 17.3 Å². The van der Waals surface area contributed by atoms with E-state index < -0.39 is 0 Å². The van der Waals surface area contributed by atoms with Gasteiger partial charge in [-0.2, -0.15) is 0 Å². The normalized spacial score (nSPS) is 24.8. The SMILES string of the molecule is CC1COC2=C(/C=C\C(F)=C/CC2)N1C(=O)N1CCN(c2noc3ccccc23)CC1. The van der Waals surface area contributed by atoms with E-state index in [4.69, 9.17) is 9.26 Å². The van der Waals surface area contributed by atoms with Gasteiger partial charge in [-0.15, -0.1) is 0 Å². The van der Waals surface area contributed by atoms with Gasteiger partial charge in [0, 0.05) is 32.6 Å². The second-order valence-electron chi connectivity index (χ2n) is 8.06. The number of halogens is 1. The Morgan fingerprint density at radius 1 is 1.16 bits per heavy atom. The van der Waals surface area contributed by atoms with Crippen LogP contribution in [0.1, 0.15) is 19.8 Å². The van der Waals surface area contributed by atoms with Crippen molar-refractivity contribution in [3.63, 3.8) is 0 Å². The van der Waals surface area contributed by atoms with Crippen LogP contribution in [-0.4, -0.2) is 59.8 Å². The Morgan fingerprint density at radius 2 is 1.97 bits per heavy atom. The number of aromatic nitrogens is 1. The lowest BCUT2D eigenvalue weighted by molar-refractivity contribution is 0.0799. The molecule has 3 heterocycles. The van der Waals surface area contributed by atoms with Crippen molar-refractivity contribution < 1.29 is 18.4 Å². The van der Waals surface area contributed by atoms with Gasteiger partial charge in [0.15, 0.2) is 11.4 Å². The predicted octanol–water partition coefficient (Wildman–Crippen LogP) is 4.21. The van der Waals surface area contributed by atoms with Gasteiger partial charge in [-0.05, 0) is 43.7 Å². The van der Waals surface area contributed by atoms with Crippen molar-refractivity contribution in [2.45, 2.75) is 25.8 Å². The van der Waals surface area contributed by atoms with Crippen LogP contribution in [-0.2, 0) is 4.74 Å². The Hall–Kier alpha value is -3.29. The fourth-order valence-corrected chi connectivity index (χ4v) is 4.34. The number of rotatable bonds is 1. The maximum absolute atomic E-state index is 13.8. The lowest BCUT2D eigenvalue weighted by Crippen LogP contribution is -2.55. The Labute approximate surface area is 180 Å². The molecular weight excluding hydrogens is 399 g/mol. The highest BCUT2D eigenvalue weighted by atomic mass is 19.1. The molecule has 3 aliphatic rings. The zero-order valence-electron chi connectivity index (χ0n) is 17.5. The first-order chi connectivity index (χ1) is 15.1. The Morgan fingerprint density at radius 3 is 2.81 bits per heavy atom. The highest BCUT2D eigenvalue weighted by molar-refractivity contribution is 5.88. The number of para-hydroxylation sites is 1. The summed E-state index contributed by atoms with van der Waals surface area (Å²) in [5.74, 6) is 1.28. The molecule has 1 aromatic heterocycles. The van der Waals surface area contributed by atoms with Gasteiger partial charge in [-0.25, -0.2) is 9.18 Å². The summed E-state index contributed by atoms with van der Waals surface area (Å²) in [6.45, 7) is 4.88. The number of amides is 2. The number of nitrogens with zero attached hydrogens (tertiary/aromatic N) is 4. The number of fused-ring (bicyclic) bond motifs is 1. The molecule has 1 saturated heterocycles. The van der Waals surface area contributed by atoms with E-state index in [1.807, 2.05) is 36.1 Å². The molecule has 7 nitrogen and oxygen atoms in total. The van der Waals surface area contributed by atoms with Crippen LogP contribution in [0.4, 0.5) is 15.0 Å². The molecule has 1 atom stereocenters. The molecule has 0 N–H and O–H groups in total. The van der Waals surface area contributed by atoms with Crippen molar-refractivity contribution in [2.75, 3.05) is 37.7 Å². The number of carbonyl (C=O) groups excluding carboxylic acids is 1. The summed E-state index contributed by atoms with van der Waals surface area (Å²) in [5, 5.41) is 5.21. The van der Waals surface area contributed by atoms with Crippen LogP contribution >= 0.6 is 0 Å². The van der Waals surface area contributed by atoms with Crippen molar-refractivity contribution in [1.29, 1.82) is 0 Å². The van der Waals surface area contributed by atoms with E-state index in [-0.39, 0.29) is 17.9 Å². The third-order valence-electron chi connectivity index (χ3n) is 6.01. The fraction of sp³-hybridized carbons (Fsp3) is 0.391. The third-order valence-corrected chi connectivity index (χ3v) is 6.01. The van der Waals surface area contributed by atoms with Crippen LogP contribution in [0.2, 0.25) is 0 Å². The van der Waals surface area contributed by atoms with Crippen molar-refractivity contribution in [3.05, 3.63) is 59.8 Å². The second-order valence-corrected chi connectivity index (χ2v) is 8.06. The molecule has 2 aliphatic heterocycles. The van der Waals surface area contributed by atoms with Crippen LogP contribution in [0.15, 0.2) is 64.3 Å². The minimum absolute atomic E-state index is 0.0671. The molecule has 8 heteroatoms. The second kappa shape index (κ2) is 8.09. The van der Waals surface area contributed by atoms with Gasteiger partial charge in [-0.3, -0.25) is 4.90 Å². The minimum atomic E-state index is -0.286. The summed E-state index contributed by atoms with van der Waals surface area (Å²) in [5.41, 5.74) is 1.42. The lowest BCUT2D eigenvalue weighted by Gasteiger charge is -2.42. The zero-order valence-corrected chi connectivity index (χ0v) is 17.5. The van der Waals surface area contributed by atoms with Gasteiger partial charge in [0.1, 0.15) is 18.2 Å². The first-order valence-corrected chi connectivity index (χ1v) is 10.7. The summed E-state index contributed by atoms with van der Waals surface area (Å²) in [6.07, 6.45) is 5.74. The number of piperazine rings is 1. The topological polar surface area (TPSA) is 62.1 Å². The quantitative estimate of drug-likeness (QED) is 0.687. The number of hydrogen-bond donors (Lipinski definition) is 0. The summed E-state index contributed by atoms with van der Waals surface area (Å²) < 4.78 is 25.1. The highest BCUT2D eigenvalue weighted by Gasteiger charge is 2.35. The predicted molar refractivity (Wildman–Crippen MR) is 115 cm³/mol. The van der Waals surface area contributed by atoms with Crippen molar-refractivity contribution in [3.8, 4) is 0 Å². The molecule has 1 aliphatic carbocycles. The largest absolute Gasteiger partial charge is 0.494 e. The molecule has 0 spiro atoms. The molecule has 31 heavy (non-hydrogen) atoms. The lowest BCUT2D eigenvalue weighted by atomic mass is 10.1. The van der Waals surface area contributed by atoms with Gasteiger partial charge >= 0.3 is 6.03 Å². The molecule has 1 fully saturated rings. The molecule has 0 saturated carbocycles. The Balaban J connectivity index is 1.33. The summed E-state index contributed by atoms with van der Waals surface area (Å²) in [6, 6.07) is 7.59. The molecule has 5 rings (SSSR count). The number of anilines is 1. The van der Waals surface area contributed by atoms with E-state index in [2.05, 4.69) is 10.1 Å². The third kappa shape index (κ3) is 3.66. The van der Waals surface area contributed by atoms with E-state index >= 15 is 0 Å². The minimum Gasteiger partial charge on any atom is -0.494 e. The van der Waals surface area contributed by atoms with E-state index in [1.54, 1.807) is 17.1 Å². The monoisotopic (exact) mass is 424 g/mol. The molecule has 2 aromatic rings. The summed E-state index contributed by atoms with van der Waals surface area (Å²) in [4.78, 5) is 19.2. The van der Waals surface area contributed by atoms with Gasteiger partial charge < -0.3 is 19.1 Å². The molecule has 1 unspecified atom stereocenters. The van der Waals surface area contributed by atoms with Crippen LogP contribution in [0.3, 0.4) is 0 Å². The Bertz CT molecular complexity index is 1080. The van der Waals surface area contributed by atoms with Crippen LogP contribution in [0.5, 0.6) is 0 Å². The van der Waals surface area contributed by atoms with Crippen molar-refractivity contribution in [2.24, 2.45) is 0 Å². The average molecular weight is 424 g/mol. The van der Waals surface area contributed by atoms with E-state index in [0.29, 0.717) is 51.3 Å². The molecular formula is C23H25FN4O3. The number of benzene rings is 1. The van der Waals surface area contributed by atoms with E-state index in [0.717, 1.165) is 22.5 Å². The number of hydrogen-bond acceptors (Lipinski definition) is 5. The fourth-order valence-electron chi connectivity index (χ4n) is 4.34. The number of allylic oxidation sites excluding steroid dienone is 5. The standard InChI is InChI=1S/C23H25FN4O3/c1-16-15-30-21-8-4-5-17(24)9-10-19(21)28(16)23(29)27-13-11-26(12-14-27)22-18-6-2-3-7-20(18)31-25-22/h2-3,5-7,9-10,16H,4,8,11-15H2,1H3/b10-9-,17-5+. The first-order valence-electron chi connectivity index (χ1n) is 10.7.